The molecule has 2 amide bonds. The Morgan fingerprint density at radius 1 is 1.22 bits per heavy atom. The number of pyridine rings is 1. The number of amides is 2. The van der Waals surface area contributed by atoms with E-state index in [0.29, 0.717) is 36.2 Å². The molecule has 0 spiro atoms. The van der Waals surface area contributed by atoms with Crippen LogP contribution in [0.5, 0.6) is 0 Å². The van der Waals surface area contributed by atoms with Crippen LogP contribution in [0.1, 0.15) is 23.3 Å². The van der Waals surface area contributed by atoms with Crippen LogP contribution in [-0.4, -0.2) is 67.1 Å². The van der Waals surface area contributed by atoms with E-state index in [0.717, 1.165) is 37.9 Å². The first kappa shape index (κ1) is 16.7. The standard InChI is InChI=1S/C19H22N4O4/c24-17-11-26-6-5-23(17)18-7-13-9-20-14(8-16(13)27-18)19(25)21-15-10-22-3-1-12(15)2-4-22/h7-9,12,15H,1-6,10-11H2,(H,21,25). The summed E-state index contributed by atoms with van der Waals surface area (Å²) in [5.41, 5.74) is 0.895. The highest BCUT2D eigenvalue weighted by Gasteiger charge is 2.35. The van der Waals surface area contributed by atoms with Crippen molar-refractivity contribution < 1.29 is 18.7 Å². The van der Waals surface area contributed by atoms with Crippen LogP contribution < -0.4 is 10.2 Å². The number of piperidine rings is 3. The summed E-state index contributed by atoms with van der Waals surface area (Å²) in [6.07, 6.45) is 3.91. The van der Waals surface area contributed by atoms with Gasteiger partial charge in [0.05, 0.1) is 13.2 Å². The second kappa shape index (κ2) is 6.61. The molecule has 1 unspecified atom stereocenters. The van der Waals surface area contributed by atoms with E-state index in [9.17, 15) is 9.59 Å². The molecule has 6 heterocycles. The average Bonchev–Trinajstić information content (AvgIpc) is 3.12. The molecule has 0 saturated carbocycles. The van der Waals surface area contributed by atoms with Crippen LogP contribution in [0.3, 0.4) is 0 Å². The molecule has 0 aliphatic carbocycles. The lowest BCUT2D eigenvalue weighted by Gasteiger charge is -2.44. The highest BCUT2D eigenvalue weighted by Crippen LogP contribution is 2.29. The molecule has 2 aromatic rings. The van der Waals surface area contributed by atoms with Crippen LogP contribution in [0, 0.1) is 5.92 Å². The molecule has 1 atom stereocenters. The number of ether oxygens (including phenoxy) is 1. The maximum absolute atomic E-state index is 12.7. The summed E-state index contributed by atoms with van der Waals surface area (Å²) >= 11 is 0. The predicted octanol–water partition coefficient (Wildman–Crippen LogP) is 1.01. The van der Waals surface area contributed by atoms with Crippen LogP contribution in [-0.2, 0) is 9.53 Å². The Balaban J connectivity index is 1.34. The van der Waals surface area contributed by atoms with Crippen LogP contribution in [0.2, 0.25) is 0 Å². The van der Waals surface area contributed by atoms with Crippen molar-refractivity contribution in [2.24, 2.45) is 5.92 Å². The van der Waals surface area contributed by atoms with Crippen molar-refractivity contribution in [2.45, 2.75) is 18.9 Å². The van der Waals surface area contributed by atoms with E-state index in [1.54, 1.807) is 23.2 Å². The van der Waals surface area contributed by atoms with E-state index in [2.05, 4.69) is 15.2 Å². The number of carbonyl (C=O) groups is 2. The molecular formula is C19H22N4O4. The van der Waals surface area contributed by atoms with Gasteiger partial charge in [-0.3, -0.25) is 19.5 Å². The Kier molecular flexibility index (Phi) is 4.09. The largest absolute Gasteiger partial charge is 0.440 e. The first-order chi connectivity index (χ1) is 13.2. The van der Waals surface area contributed by atoms with E-state index in [-0.39, 0.29) is 24.5 Å². The number of hydrogen-bond donors (Lipinski definition) is 1. The quantitative estimate of drug-likeness (QED) is 0.868. The SMILES string of the molecule is O=C(NC1CN2CCC1CC2)c1cc2oc(N3CCOCC3=O)cc2cn1. The summed E-state index contributed by atoms with van der Waals surface area (Å²) in [4.78, 5) is 32.9. The molecule has 4 aliphatic heterocycles. The zero-order valence-corrected chi connectivity index (χ0v) is 15.0. The maximum Gasteiger partial charge on any atom is 0.270 e. The van der Waals surface area contributed by atoms with Crippen molar-refractivity contribution in [1.82, 2.24) is 15.2 Å². The van der Waals surface area contributed by atoms with E-state index in [1.165, 1.54) is 0 Å². The molecule has 0 aromatic carbocycles. The summed E-state index contributed by atoms with van der Waals surface area (Å²) < 4.78 is 11.0. The molecule has 8 nitrogen and oxygen atoms in total. The molecule has 4 fully saturated rings. The fourth-order valence-corrected chi connectivity index (χ4v) is 4.30. The Morgan fingerprint density at radius 2 is 2.07 bits per heavy atom. The van der Waals surface area contributed by atoms with Gasteiger partial charge < -0.3 is 19.4 Å². The van der Waals surface area contributed by atoms with Gasteiger partial charge in [-0.25, -0.2) is 0 Å². The first-order valence-corrected chi connectivity index (χ1v) is 9.48. The predicted molar refractivity (Wildman–Crippen MR) is 97.6 cm³/mol. The molecule has 2 aromatic heterocycles. The third-order valence-corrected chi connectivity index (χ3v) is 5.85. The van der Waals surface area contributed by atoms with E-state index in [4.69, 9.17) is 9.15 Å². The number of nitrogens with zero attached hydrogens (tertiary/aromatic N) is 3. The van der Waals surface area contributed by atoms with Crippen LogP contribution >= 0.6 is 0 Å². The summed E-state index contributed by atoms with van der Waals surface area (Å²) in [5, 5.41) is 3.91. The third kappa shape index (κ3) is 3.08. The smallest absolute Gasteiger partial charge is 0.270 e. The highest BCUT2D eigenvalue weighted by molar-refractivity contribution is 5.98. The van der Waals surface area contributed by atoms with Crippen LogP contribution in [0.15, 0.2) is 22.7 Å². The normalized spacial score (nSPS) is 27.9. The van der Waals surface area contributed by atoms with Crippen molar-refractivity contribution in [3.63, 3.8) is 0 Å². The molecule has 27 heavy (non-hydrogen) atoms. The molecule has 4 saturated heterocycles. The molecule has 1 N–H and O–H groups in total. The Labute approximate surface area is 156 Å². The van der Waals surface area contributed by atoms with Gasteiger partial charge in [-0.1, -0.05) is 0 Å². The number of rotatable bonds is 3. The fourth-order valence-electron chi connectivity index (χ4n) is 4.30. The molecule has 8 heteroatoms. The maximum atomic E-state index is 12.7. The Hall–Kier alpha value is -2.45. The molecule has 142 valence electrons. The molecular weight excluding hydrogens is 348 g/mol. The molecule has 0 radical (unpaired) electrons. The number of nitrogens with one attached hydrogen (secondary N) is 1. The van der Waals surface area contributed by atoms with Crippen molar-refractivity contribution in [3.8, 4) is 0 Å². The van der Waals surface area contributed by atoms with Crippen molar-refractivity contribution in [1.29, 1.82) is 0 Å². The summed E-state index contributed by atoms with van der Waals surface area (Å²) in [6.45, 7) is 4.19. The number of morpholine rings is 1. The van der Waals surface area contributed by atoms with Crippen molar-refractivity contribution in [2.75, 3.05) is 44.3 Å². The van der Waals surface area contributed by atoms with Gasteiger partial charge in [0.2, 0.25) is 5.88 Å². The van der Waals surface area contributed by atoms with Crippen molar-refractivity contribution >= 4 is 28.7 Å². The molecule has 6 rings (SSSR count). The van der Waals surface area contributed by atoms with Gasteiger partial charge in [-0.2, -0.15) is 0 Å². The minimum atomic E-state index is -0.170. The summed E-state index contributed by atoms with van der Waals surface area (Å²) in [6, 6.07) is 3.62. The lowest BCUT2D eigenvalue weighted by molar-refractivity contribution is -0.125. The van der Waals surface area contributed by atoms with E-state index < -0.39 is 0 Å². The van der Waals surface area contributed by atoms with Gasteiger partial charge in [0.15, 0.2) is 0 Å². The van der Waals surface area contributed by atoms with Gasteiger partial charge in [0.1, 0.15) is 17.9 Å². The molecule has 2 bridgehead atoms. The minimum Gasteiger partial charge on any atom is -0.440 e. The average molecular weight is 370 g/mol. The number of anilines is 1. The second-order valence-corrected chi connectivity index (χ2v) is 7.51. The number of hydrogen-bond acceptors (Lipinski definition) is 6. The second-order valence-electron chi connectivity index (χ2n) is 7.51. The van der Waals surface area contributed by atoms with E-state index >= 15 is 0 Å². The van der Waals surface area contributed by atoms with Gasteiger partial charge >= 0.3 is 0 Å². The van der Waals surface area contributed by atoms with Gasteiger partial charge in [-0.15, -0.1) is 0 Å². The lowest BCUT2D eigenvalue weighted by atomic mass is 9.84. The zero-order chi connectivity index (χ0) is 18.4. The van der Waals surface area contributed by atoms with Gasteiger partial charge in [0.25, 0.3) is 11.8 Å². The topological polar surface area (TPSA) is 87.9 Å². The highest BCUT2D eigenvalue weighted by atomic mass is 16.5. The zero-order valence-electron chi connectivity index (χ0n) is 15.0. The van der Waals surface area contributed by atoms with Gasteiger partial charge in [0, 0.05) is 36.3 Å². The fraction of sp³-hybridized carbons (Fsp3) is 0.526. The van der Waals surface area contributed by atoms with Crippen LogP contribution in [0.25, 0.3) is 11.0 Å². The third-order valence-electron chi connectivity index (χ3n) is 5.85. The van der Waals surface area contributed by atoms with Crippen LogP contribution in [0.4, 0.5) is 5.88 Å². The number of furan rings is 1. The van der Waals surface area contributed by atoms with E-state index in [1.807, 2.05) is 0 Å². The first-order valence-electron chi connectivity index (χ1n) is 9.48. The van der Waals surface area contributed by atoms with Gasteiger partial charge in [-0.05, 0) is 31.8 Å². The molecule has 4 aliphatic rings. The van der Waals surface area contributed by atoms with Crippen molar-refractivity contribution in [3.05, 3.63) is 24.0 Å². The Morgan fingerprint density at radius 3 is 2.81 bits per heavy atom. The monoisotopic (exact) mass is 370 g/mol. The summed E-state index contributed by atoms with van der Waals surface area (Å²) in [5.74, 6) is 0.727. The summed E-state index contributed by atoms with van der Waals surface area (Å²) in [7, 11) is 0. The Bertz CT molecular complexity index is 887. The number of fused-ring (bicyclic) bond motifs is 4. The minimum absolute atomic E-state index is 0.0581. The lowest BCUT2D eigenvalue weighted by Crippen LogP contribution is -2.57. The number of aromatic nitrogens is 1. The number of carbonyl (C=O) groups excluding carboxylic acids is 2.